The van der Waals surface area contributed by atoms with Gasteiger partial charge in [-0.05, 0) is 79.1 Å². The summed E-state index contributed by atoms with van der Waals surface area (Å²) in [6.45, 7) is 14.9. The molecule has 0 aliphatic carbocycles. The molecule has 286 valence electrons. The molecule has 1 fully saturated rings. The van der Waals surface area contributed by atoms with Crippen molar-refractivity contribution >= 4 is 29.6 Å². The van der Waals surface area contributed by atoms with Gasteiger partial charge in [-0.15, -0.1) is 0 Å². The average molecular weight is 720 g/mol. The summed E-state index contributed by atoms with van der Waals surface area (Å²) in [5.74, 6) is -5.04. The number of hydrogen-bond acceptors (Lipinski definition) is 13. The van der Waals surface area contributed by atoms with E-state index in [1.54, 1.807) is 40.7 Å². The molecular weight excluding hydrogens is 662 g/mol. The smallest absolute Gasteiger partial charge is 0.420 e. The fourth-order valence-corrected chi connectivity index (χ4v) is 7.22. The Kier molecular flexibility index (Phi) is 14.3. The highest BCUT2D eigenvalue weighted by Gasteiger charge is 2.51. The van der Waals surface area contributed by atoms with E-state index in [1.165, 1.54) is 39.7 Å². The van der Waals surface area contributed by atoms with Crippen LogP contribution in [0.5, 0.6) is 0 Å². The molecular formula is C37H57N3O11. The number of imidazole rings is 1. The molecule has 2 aliphatic heterocycles. The number of likely N-dealkylation sites (N-methyl/N-ethyl adjacent to an activating group) is 1. The van der Waals surface area contributed by atoms with Crippen molar-refractivity contribution in [1.29, 1.82) is 0 Å². The zero-order chi connectivity index (χ0) is 38.4. The number of allylic oxidation sites excluding steroid dienone is 1. The molecule has 0 unspecified atom stereocenters. The quantitative estimate of drug-likeness (QED) is 0.210. The van der Waals surface area contributed by atoms with Crippen LogP contribution in [0, 0.1) is 17.8 Å². The molecule has 0 spiro atoms. The van der Waals surface area contributed by atoms with E-state index >= 15 is 0 Å². The summed E-state index contributed by atoms with van der Waals surface area (Å²) in [4.78, 5) is 73.6. The first-order valence-electron chi connectivity index (χ1n) is 17.7. The topological polar surface area (TPSA) is 162 Å². The van der Waals surface area contributed by atoms with Gasteiger partial charge in [-0.1, -0.05) is 27.7 Å². The van der Waals surface area contributed by atoms with E-state index < -0.39 is 77.4 Å². The number of aromatic nitrogens is 2. The predicted molar refractivity (Wildman–Crippen MR) is 185 cm³/mol. The van der Waals surface area contributed by atoms with Gasteiger partial charge in [0.25, 0.3) is 0 Å². The Morgan fingerprint density at radius 2 is 1.76 bits per heavy atom. The Morgan fingerprint density at radius 1 is 1.10 bits per heavy atom. The van der Waals surface area contributed by atoms with Crippen LogP contribution >= 0.6 is 0 Å². The number of ether oxygens (including phenoxy) is 6. The Bertz CT molecular complexity index is 1430. The van der Waals surface area contributed by atoms with Gasteiger partial charge in [-0.3, -0.25) is 19.2 Å². The SMILES string of the molecule is CC/C1=C\[C@](C)(OC(=O)n2ccnc2)[C@@H](CC)OC(=O)[C@H](C)C(=O)[C@H](C)[C@@H](O[C@@H]2O[C@H](C)C[C@H](N(C)C)[C@H]2OC(C)=O)[C@](C)(OC)C[C@@H](C)C1=O. The van der Waals surface area contributed by atoms with Crippen molar-refractivity contribution in [3.05, 3.63) is 30.4 Å². The van der Waals surface area contributed by atoms with Crippen LogP contribution in [0.1, 0.15) is 88.0 Å². The molecule has 51 heavy (non-hydrogen) atoms. The lowest BCUT2D eigenvalue weighted by molar-refractivity contribution is -0.297. The second kappa shape index (κ2) is 17.4. The Morgan fingerprint density at radius 3 is 2.29 bits per heavy atom. The van der Waals surface area contributed by atoms with Gasteiger partial charge in [0.2, 0.25) is 0 Å². The molecule has 3 heterocycles. The first-order valence-corrected chi connectivity index (χ1v) is 17.7. The van der Waals surface area contributed by atoms with Crippen LogP contribution < -0.4 is 0 Å². The number of rotatable bonds is 8. The number of Topliss-reactive ketones (excluding diaryl/α,β-unsaturated/α-hetero) is 2. The summed E-state index contributed by atoms with van der Waals surface area (Å²) < 4.78 is 37.9. The van der Waals surface area contributed by atoms with Crippen molar-refractivity contribution < 1.29 is 52.4 Å². The Labute approximate surface area is 301 Å². The minimum atomic E-state index is -1.59. The molecule has 1 aromatic rings. The fraction of sp³-hybridized carbons (Fsp3) is 0.730. The highest BCUT2D eigenvalue weighted by atomic mass is 16.7. The summed E-state index contributed by atoms with van der Waals surface area (Å²) in [6.07, 6.45) is 1.63. The number of cyclic esters (lactones) is 1. The van der Waals surface area contributed by atoms with E-state index in [2.05, 4.69) is 4.98 Å². The predicted octanol–water partition coefficient (Wildman–Crippen LogP) is 4.52. The summed E-state index contributed by atoms with van der Waals surface area (Å²) in [5, 5.41) is 0. The minimum absolute atomic E-state index is 0.0984. The zero-order valence-corrected chi connectivity index (χ0v) is 32.2. The molecule has 11 atom stereocenters. The van der Waals surface area contributed by atoms with E-state index in [0.29, 0.717) is 12.0 Å². The largest absolute Gasteiger partial charge is 0.457 e. The van der Waals surface area contributed by atoms with E-state index in [-0.39, 0.29) is 37.2 Å². The van der Waals surface area contributed by atoms with E-state index in [1.807, 2.05) is 32.8 Å². The van der Waals surface area contributed by atoms with Crippen LogP contribution in [0.4, 0.5) is 4.79 Å². The summed E-state index contributed by atoms with van der Waals surface area (Å²) in [7, 11) is 5.21. The van der Waals surface area contributed by atoms with Gasteiger partial charge in [-0.25, -0.2) is 14.3 Å². The lowest BCUT2D eigenvalue weighted by Gasteiger charge is -2.47. The average Bonchev–Trinajstić information content (AvgIpc) is 3.62. The highest BCUT2D eigenvalue weighted by Crippen LogP contribution is 2.38. The van der Waals surface area contributed by atoms with Gasteiger partial charge in [0, 0.05) is 38.3 Å². The second-order valence-corrected chi connectivity index (χ2v) is 14.5. The molecule has 0 amide bonds. The first kappa shape index (κ1) is 42.0. The third-order valence-electron chi connectivity index (χ3n) is 10.2. The van der Waals surface area contributed by atoms with Crippen LogP contribution in [-0.2, 0) is 47.6 Å². The van der Waals surface area contributed by atoms with Crippen molar-refractivity contribution in [2.45, 2.75) is 136 Å². The van der Waals surface area contributed by atoms with Gasteiger partial charge in [0.05, 0.1) is 23.9 Å². The number of ketones is 2. The van der Waals surface area contributed by atoms with Crippen molar-refractivity contribution in [1.82, 2.24) is 14.5 Å². The molecule has 0 aromatic carbocycles. The Balaban J connectivity index is 2.17. The van der Waals surface area contributed by atoms with Crippen molar-refractivity contribution in [3.8, 4) is 0 Å². The van der Waals surface area contributed by atoms with E-state index in [4.69, 9.17) is 28.4 Å². The second-order valence-electron chi connectivity index (χ2n) is 14.5. The minimum Gasteiger partial charge on any atom is -0.457 e. The third-order valence-corrected chi connectivity index (χ3v) is 10.2. The molecule has 0 bridgehead atoms. The normalized spacial score (nSPS) is 36.8. The summed E-state index contributed by atoms with van der Waals surface area (Å²) in [5.41, 5.74) is -2.53. The van der Waals surface area contributed by atoms with Gasteiger partial charge >= 0.3 is 18.0 Å². The molecule has 0 N–H and O–H groups in total. The number of nitrogens with zero attached hydrogens (tertiary/aromatic N) is 3. The monoisotopic (exact) mass is 719 g/mol. The van der Waals surface area contributed by atoms with Crippen LogP contribution in [0.25, 0.3) is 0 Å². The maximum atomic E-state index is 14.3. The molecule has 1 saturated heterocycles. The maximum absolute atomic E-state index is 14.3. The number of hydrogen-bond donors (Lipinski definition) is 0. The van der Waals surface area contributed by atoms with Crippen LogP contribution in [0.2, 0.25) is 0 Å². The molecule has 1 aromatic heterocycles. The third kappa shape index (κ3) is 9.70. The van der Waals surface area contributed by atoms with Gasteiger partial charge < -0.3 is 33.3 Å². The highest BCUT2D eigenvalue weighted by molar-refractivity contribution is 6.00. The van der Waals surface area contributed by atoms with Gasteiger partial charge in [0.15, 0.2) is 29.6 Å². The molecule has 3 rings (SSSR count). The maximum Gasteiger partial charge on any atom is 0.420 e. The summed E-state index contributed by atoms with van der Waals surface area (Å²) in [6, 6.07) is -0.268. The van der Waals surface area contributed by atoms with E-state index in [9.17, 15) is 24.0 Å². The summed E-state index contributed by atoms with van der Waals surface area (Å²) >= 11 is 0. The van der Waals surface area contributed by atoms with Crippen LogP contribution in [0.3, 0.4) is 0 Å². The molecule has 0 radical (unpaired) electrons. The molecule has 0 saturated carbocycles. The molecule has 14 heteroatoms. The number of carbonyl (C=O) groups excluding carboxylic acids is 5. The van der Waals surface area contributed by atoms with Crippen LogP contribution in [-0.4, -0.2) is 113 Å². The van der Waals surface area contributed by atoms with Gasteiger partial charge in [-0.2, -0.15) is 0 Å². The molecule has 14 nitrogen and oxygen atoms in total. The Hall–Kier alpha value is -3.46. The van der Waals surface area contributed by atoms with Crippen molar-refractivity contribution in [2.75, 3.05) is 21.2 Å². The van der Waals surface area contributed by atoms with Gasteiger partial charge in [0.1, 0.15) is 18.3 Å². The van der Waals surface area contributed by atoms with Crippen molar-refractivity contribution in [2.24, 2.45) is 17.8 Å². The number of methoxy groups -OCH3 is 1. The van der Waals surface area contributed by atoms with Crippen LogP contribution in [0.15, 0.2) is 30.4 Å². The lowest BCUT2D eigenvalue weighted by atomic mass is 9.76. The lowest BCUT2D eigenvalue weighted by Crippen LogP contribution is -2.60. The number of esters is 2. The number of carbonyl (C=O) groups is 5. The first-order chi connectivity index (χ1) is 23.8. The zero-order valence-electron chi connectivity index (χ0n) is 32.2. The van der Waals surface area contributed by atoms with Crippen molar-refractivity contribution in [3.63, 3.8) is 0 Å². The standard InChI is InChI=1S/C37H57N3O11/c1-13-26-19-36(8,51-35(45)40-16-15-38-20-40)28(14-2)49-33(44)24(6)30(43)23(5)32(37(9,46-12)18-21(3)29(26)42)50-34-31(48-25(7)41)27(39(10)11)17-22(4)47-34/h15-16,19-24,27-28,31-32,34H,13-14,17-18H2,1-12H3/b26-19+/t21-,22-,23+,24-,27+,28-,31-,32-,34+,36+,37-/m1/s1. The fourth-order valence-electron chi connectivity index (χ4n) is 7.22. The molecule has 2 aliphatic rings. The van der Waals surface area contributed by atoms with E-state index in [0.717, 1.165) is 4.57 Å².